The zero-order valence-corrected chi connectivity index (χ0v) is 28.6. The number of imidazole rings is 1. The molecule has 252 valence electrons. The molecule has 5 heterocycles. The van der Waals surface area contributed by atoms with E-state index in [0.29, 0.717) is 16.6 Å². The number of nitrogens with one attached hydrogen (secondary N) is 1. The first-order valence-corrected chi connectivity index (χ1v) is 17.7. The molecular formula is C37H35N9O3S. The first-order chi connectivity index (χ1) is 24.1. The van der Waals surface area contributed by atoms with E-state index in [1.807, 2.05) is 62.4 Å². The highest BCUT2D eigenvalue weighted by molar-refractivity contribution is 7.90. The maximum Gasteiger partial charge on any atom is 0.268 e. The molecule has 12 nitrogen and oxygen atoms in total. The quantitative estimate of drug-likeness (QED) is 0.217. The van der Waals surface area contributed by atoms with Crippen molar-refractivity contribution < 1.29 is 13.2 Å². The van der Waals surface area contributed by atoms with Crippen molar-refractivity contribution >= 4 is 49.4 Å². The molecule has 0 atom stereocenters. The number of H-pyrrole nitrogens is 1. The maximum absolute atomic E-state index is 14.5. The molecule has 0 saturated carbocycles. The number of carbonyl (C=O) groups excluding carboxylic acids is 1. The molecular weight excluding hydrogens is 651 g/mol. The minimum atomic E-state index is -4.24. The van der Waals surface area contributed by atoms with Crippen molar-refractivity contribution in [3.8, 4) is 16.8 Å². The number of piperazine rings is 1. The van der Waals surface area contributed by atoms with Crippen molar-refractivity contribution in [2.75, 3.05) is 43.9 Å². The number of hydrogen-bond acceptors (Lipinski definition) is 9. The van der Waals surface area contributed by atoms with Gasteiger partial charge < -0.3 is 20.5 Å². The van der Waals surface area contributed by atoms with Gasteiger partial charge in [0.1, 0.15) is 23.2 Å². The summed E-state index contributed by atoms with van der Waals surface area (Å²) in [5.41, 5.74) is 11.8. The highest BCUT2D eigenvalue weighted by Crippen LogP contribution is 2.33. The second-order valence-electron chi connectivity index (χ2n) is 12.8. The van der Waals surface area contributed by atoms with Crippen LogP contribution in [-0.4, -0.2) is 81.0 Å². The number of likely N-dealkylation sites (N-methyl/N-ethyl adjacent to an activating group) is 1. The van der Waals surface area contributed by atoms with Gasteiger partial charge in [-0.1, -0.05) is 29.8 Å². The van der Waals surface area contributed by atoms with Gasteiger partial charge in [0.15, 0.2) is 0 Å². The van der Waals surface area contributed by atoms with Crippen LogP contribution in [0.5, 0.6) is 0 Å². The standard InChI is InChI=1S/C37H35N9O3S/c1-23-4-9-29(10-5-23)50(48,49)46-33-18-25(26-12-13-39-35(20-26)44-16-14-43(3)15-17-44)6-7-27(33)19-34(46)36(47)30-22-40-45(37(30)38)28-8-11-31-32(21-28)42-24(2)41-31/h4-13,18-22H,14-17,38H2,1-3H3,(H,41,42). The largest absolute Gasteiger partial charge is 0.383 e. The van der Waals surface area contributed by atoms with Crippen molar-refractivity contribution in [2.45, 2.75) is 18.7 Å². The summed E-state index contributed by atoms with van der Waals surface area (Å²) < 4.78 is 31.5. The predicted molar refractivity (Wildman–Crippen MR) is 194 cm³/mol. The monoisotopic (exact) mass is 685 g/mol. The van der Waals surface area contributed by atoms with Gasteiger partial charge in [-0.05, 0) is 86.6 Å². The molecule has 1 saturated heterocycles. The minimum Gasteiger partial charge on any atom is -0.383 e. The summed E-state index contributed by atoms with van der Waals surface area (Å²) in [5.74, 6) is 1.15. The maximum atomic E-state index is 14.5. The number of nitrogens with two attached hydrogens (primary N) is 1. The normalized spacial score (nSPS) is 14.2. The summed E-state index contributed by atoms with van der Waals surface area (Å²) in [6, 6.07) is 23.2. The number of nitrogen functional groups attached to an aromatic ring is 1. The number of rotatable bonds is 7. The molecule has 1 aliphatic heterocycles. The molecule has 13 heteroatoms. The first-order valence-electron chi connectivity index (χ1n) is 16.3. The Balaban J connectivity index is 1.25. The van der Waals surface area contributed by atoms with E-state index in [9.17, 15) is 13.2 Å². The topological polar surface area (TPSA) is 148 Å². The van der Waals surface area contributed by atoms with Crippen LogP contribution in [0.2, 0.25) is 0 Å². The fourth-order valence-corrected chi connectivity index (χ4v) is 8.03. The zero-order chi connectivity index (χ0) is 34.7. The van der Waals surface area contributed by atoms with Crippen LogP contribution in [0.4, 0.5) is 11.6 Å². The first kappa shape index (κ1) is 31.5. The number of pyridine rings is 1. The lowest BCUT2D eigenvalue weighted by atomic mass is 10.0. The number of fused-ring (bicyclic) bond motifs is 2. The summed E-state index contributed by atoms with van der Waals surface area (Å²) in [6.07, 6.45) is 3.15. The third-order valence-corrected chi connectivity index (χ3v) is 11.1. The molecule has 0 amide bonds. The summed E-state index contributed by atoms with van der Waals surface area (Å²) in [4.78, 5) is 31.3. The molecule has 7 aromatic rings. The van der Waals surface area contributed by atoms with Crippen molar-refractivity contribution in [1.82, 2.24) is 33.6 Å². The zero-order valence-electron chi connectivity index (χ0n) is 27.8. The van der Waals surface area contributed by atoms with Crippen molar-refractivity contribution in [3.63, 3.8) is 0 Å². The molecule has 50 heavy (non-hydrogen) atoms. The molecule has 3 aromatic carbocycles. The van der Waals surface area contributed by atoms with Crippen molar-refractivity contribution in [2.24, 2.45) is 0 Å². The highest BCUT2D eigenvalue weighted by atomic mass is 32.2. The molecule has 0 radical (unpaired) electrons. The summed E-state index contributed by atoms with van der Waals surface area (Å²) >= 11 is 0. The number of nitrogens with zero attached hydrogens (tertiary/aromatic N) is 7. The minimum absolute atomic E-state index is 0.0461. The van der Waals surface area contributed by atoms with Crippen LogP contribution < -0.4 is 10.6 Å². The number of benzene rings is 3. The van der Waals surface area contributed by atoms with Crippen molar-refractivity contribution in [1.29, 1.82) is 0 Å². The average Bonchev–Trinajstić information content (AvgIpc) is 3.81. The van der Waals surface area contributed by atoms with Crippen LogP contribution in [0, 0.1) is 13.8 Å². The Bertz CT molecular complexity index is 2540. The van der Waals surface area contributed by atoms with Gasteiger partial charge in [-0.2, -0.15) is 5.10 Å². The van der Waals surface area contributed by atoms with E-state index in [-0.39, 0.29) is 22.0 Å². The molecule has 1 fully saturated rings. The molecule has 4 aromatic heterocycles. The van der Waals surface area contributed by atoms with Gasteiger partial charge in [-0.25, -0.2) is 27.0 Å². The van der Waals surface area contributed by atoms with E-state index in [2.05, 4.69) is 36.9 Å². The van der Waals surface area contributed by atoms with Gasteiger partial charge in [0, 0.05) is 37.8 Å². The predicted octanol–water partition coefficient (Wildman–Crippen LogP) is 5.18. The second kappa shape index (κ2) is 12.0. The Morgan fingerprint density at radius 3 is 2.42 bits per heavy atom. The Hall–Kier alpha value is -5.79. The molecule has 3 N–H and O–H groups in total. The third-order valence-electron chi connectivity index (χ3n) is 9.34. The second-order valence-corrected chi connectivity index (χ2v) is 14.6. The number of aromatic amines is 1. The molecule has 0 aliphatic carbocycles. The van der Waals surface area contributed by atoms with E-state index in [1.54, 1.807) is 36.5 Å². The van der Waals surface area contributed by atoms with E-state index in [4.69, 9.17) is 5.73 Å². The van der Waals surface area contributed by atoms with Crippen LogP contribution in [0.25, 0.3) is 38.8 Å². The Morgan fingerprint density at radius 1 is 0.880 bits per heavy atom. The lowest BCUT2D eigenvalue weighted by molar-refractivity contribution is 0.103. The lowest BCUT2D eigenvalue weighted by Crippen LogP contribution is -2.44. The van der Waals surface area contributed by atoms with E-state index >= 15 is 0 Å². The van der Waals surface area contributed by atoms with Gasteiger partial charge in [-0.3, -0.25) is 4.79 Å². The Labute approximate surface area is 288 Å². The number of aryl methyl sites for hydroxylation is 2. The molecule has 0 unspecified atom stereocenters. The van der Waals surface area contributed by atoms with E-state index in [1.165, 1.54) is 10.9 Å². The molecule has 0 bridgehead atoms. The fraction of sp³-hybridized carbons (Fsp3) is 0.189. The number of anilines is 2. The van der Waals surface area contributed by atoms with Crippen LogP contribution in [-0.2, 0) is 10.0 Å². The Kier molecular flexibility index (Phi) is 7.53. The van der Waals surface area contributed by atoms with E-state index < -0.39 is 15.8 Å². The molecule has 1 aliphatic rings. The van der Waals surface area contributed by atoms with Gasteiger partial charge >= 0.3 is 0 Å². The van der Waals surface area contributed by atoms with Crippen LogP contribution >= 0.6 is 0 Å². The third kappa shape index (κ3) is 5.40. The number of ketones is 1. The number of carbonyl (C=O) groups is 1. The summed E-state index contributed by atoms with van der Waals surface area (Å²) in [5, 5.41) is 5.02. The number of hydrogen-bond donors (Lipinski definition) is 2. The van der Waals surface area contributed by atoms with Crippen LogP contribution in [0.3, 0.4) is 0 Å². The SMILES string of the molecule is Cc1ccc(S(=O)(=O)n2c(C(=O)c3cnn(-c4ccc5[nH]c(C)nc5c4)c3N)cc3ccc(-c4ccnc(N5CCN(C)CC5)c4)cc32)cc1. The van der Waals surface area contributed by atoms with Gasteiger partial charge in [0.2, 0.25) is 5.78 Å². The Morgan fingerprint density at radius 2 is 1.64 bits per heavy atom. The van der Waals surface area contributed by atoms with Crippen LogP contribution in [0.1, 0.15) is 27.4 Å². The van der Waals surface area contributed by atoms with Gasteiger partial charge in [-0.15, -0.1) is 0 Å². The lowest BCUT2D eigenvalue weighted by Gasteiger charge is -2.33. The van der Waals surface area contributed by atoms with Crippen molar-refractivity contribution in [3.05, 3.63) is 114 Å². The van der Waals surface area contributed by atoms with Gasteiger partial charge in [0.25, 0.3) is 10.0 Å². The van der Waals surface area contributed by atoms with E-state index in [0.717, 1.165) is 69.5 Å². The highest BCUT2D eigenvalue weighted by Gasteiger charge is 2.30. The smallest absolute Gasteiger partial charge is 0.268 e. The average molecular weight is 686 g/mol. The number of aromatic nitrogens is 6. The van der Waals surface area contributed by atoms with Crippen LogP contribution in [0.15, 0.2) is 96.2 Å². The summed E-state index contributed by atoms with van der Waals surface area (Å²) in [7, 11) is -2.13. The molecule has 0 spiro atoms. The summed E-state index contributed by atoms with van der Waals surface area (Å²) in [6.45, 7) is 7.38. The van der Waals surface area contributed by atoms with Gasteiger partial charge in [0.05, 0.1) is 38.9 Å². The fourth-order valence-electron chi connectivity index (χ4n) is 6.53. The molecule has 8 rings (SSSR count).